The largest absolute Gasteiger partial charge is 0.351 e. The van der Waals surface area contributed by atoms with Gasteiger partial charge in [-0.15, -0.1) is 0 Å². The van der Waals surface area contributed by atoms with Crippen molar-refractivity contribution in [1.82, 2.24) is 5.32 Å². The molecule has 20 heavy (non-hydrogen) atoms. The van der Waals surface area contributed by atoms with Crippen LogP contribution in [-0.2, 0) is 0 Å². The van der Waals surface area contributed by atoms with Crippen LogP contribution in [0.5, 0.6) is 0 Å². The molecule has 0 spiro atoms. The molecule has 1 aliphatic rings. The number of carbonyl (C=O) groups excluding carboxylic acids is 1. The van der Waals surface area contributed by atoms with Crippen molar-refractivity contribution < 1.29 is 4.79 Å². The lowest BCUT2D eigenvalue weighted by Gasteiger charge is -2.35. The highest BCUT2D eigenvalue weighted by Gasteiger charge is 2.31. The van der Waals surface area contributed by atoms with Gasteiger partial charge in [0.05, 0.1) is 0 Å². The minimum Gasteiger partial charge on any atom is -0.351 e. The van der Waals surface area contributed by atoms with Crippen LogP contribution in [0.3, 0.4) is 0 Å². The summed E-state index contributed by atoms with van der Waals surface area (Å²) in [6.45, 7) is 2.68. The number of alkyl halides is 1. The van der Waals surface area contributed by atoms with E-state index in [1.165, 1.54) is 32.1 Å². The van der Waals surface area contributed by atoms with Crippen LogP contribution in [0, 0.1) is 12.3 Å². The van der Waals surface area contributed by atoms with Gasteiger partial charge in [-0.2, -0.15) is 0 Å². The summed E-state index contributed by atoms with van der Waals surface area (Å²) < 4.78 is 0. The van der Waals surface area contributed by atoms with Gasteiger partial charge in [0.1, 0.15) is 0 Å². The molecule has 0 unspecified atom stereocenters. The van der Waals surface area contributed by atoms with Crippen molar-refractivity contribution in [2.45, 2.75) is 39.0 Å². The lowest BCUT2D eigenvalue weighted by molar-refractivity contribution is 0.0921. The normalized spacial score (nSPS) is 17.8. The fraction of sp³-hybridized carbons (Fsp3) is 0.562. The minimum atomic E-state index is -0.0177. The lowest BCUT2D eigenvalue weighted by Crippen LogP contribution is -2.40. The van der Waals surface area contributed by atoms with Gasteiger partial charge in [-0.3, -0.25) is 4.79 Å². The molecule has 1 aromatic rings. The first-order valence-corrected chi connectivity index (χ1v) is 8.67. The van der Waals surface area contributed by atoms with Gasteiger partial charge in [0.15, 0.2) is 0 Å². The van der Waals surface area contributed by atoms with Crippen molar-refractivity contribution in [1.29, 1.82) is 0 Å². The maximum atomic E-state index is 12.3. The zero-order valence-electron chi connectivity index (χ0n) is 11.8. The van der Waals surface area contributed by atoms with E-state index < -0.39 is 0 Å². The Kier molecular flexibility index (Phi) is 5.50. The van der Waals surface area contributed by atoms with Crippen LogP contribution in [0.4, 0.5) is 0 Å². The van der Waals surface area contributed by atoms with E-state index in [0.29, 0.717) is 10.6 Å². The molecule has 1 fully saturated rings. The number of halogens is 2. The molecular formula is C16H21BrClNO. The van der Waals surface area contributed by atoms with E-state index in [4.69, 9.17) is 11.6 Å². The van der Waals surface area contributed by atoms with Gasteiger partial charge in [-0.05, 0) is 42.9 Å². The Bertz CT molecular complexity index is 483. The average Bonchev–Trinajstić information content (AvgIpc) is 2.48. The van der Waals surface area contributed by atoms with Crippen molar-refractivity contribution in [3.63, 3.8) is 0 Å². The number of aryl methyl sites for hydroxylation is 1. The second kappa shape index (κ2) is 6.95. The molecule has 1 aromatic carbocycles. The third-order valence-electron chi connectivity index (χ3n) is 4.27. The van der Waals surface area contributed by atoms with Crippen LogP contribution in [0.15, 0.2) is 18.2 Å². The predicted molar refractivity (Wildman–Crippen MR) is 87.8 cm³/mol. The number of nitrogens with one attached hydrogen (secondary N) is 1. The summed E-state index contributed by atoms with van der Waals surface area (Å²) >= 11 is 9.61. The highest BCUT2D eigenvalue weighted by molar-refractivity contribution is 9.09. The van der Waals surface area contributed by atoms with Gasteiger partial charge in [-0.25, -0.2) is 0 Å². The molecule has 1 aliphatic carbocycles. The van der Waals surface area contributed by atoms with Crippen LogP contribution in [0.2, 0.25) is 5.02 Å². The first-order chi connectivity index (χ1) is 9.56. The molecule has 0 atom stereocenters. The van der Waals surface area contributed by atoms with Crippen molar-refractivity contribution in [3.05, 3.63) is 34.3 Å². The molecule has 0 bridgehead atoms. The fourth-order valence-electron chi connectivity index (χ4n) is 2.86. The Hall–Kier alpha value is -0.540. The van der Waals surface area contributed by atoms with E-state index in [9.17, 15) is 4.79 Å². The molecule has 2 nitrogen and oxygen atoms in total. The van der Waals surface area contributed by atoms with Gasteiger partial charge in [-0.1, -0.05) is 52.9 Å². The number of hydrogen-bond donors (Lipinski definition) is 1. The van der Waals surface area contributed by atoms with E-state index in [0.717, 1.165) is 17.4 Å². The van der Waals surface area contributed by atoms with Gasteiger partial charge in [0, 0.05) is 22.5 Å². The third-order valence-corrected chi connectivity index (χ3v) is 5.69. The van der Waals surface area contributed by atoms with Gasteiger partial charge < -0.3 is 5.32 Å². The molecule has 2 rings (SSSR count). The Morgan fingerprint density at radius 3 is 2.70 bits per heavy atom. The van der Waals surface area contributed by atoms with Gasteiger partial charge >= 0.3 is 0 Å². The van der Waals surface area contributed by atoms with Crippen LogP contribution >= 0.6 is 27.5 Å². The van der Waals surface area contributed by atoms with Gasteiger partial charge in [0.25, 0.3) is 5.91 Å². The van der Waals surface area contributed by atoms with E-state index in [1.807, 2.05) is 19.1 Å². The Balaban J connectivity index is 2.02. The molecule has 0 radical (unpaired) electrons. The second-order valence-corrected chi connectivity index (χ2v) is 6.83. The number of carbonyl (C=O) groups is 1. The molecule has 0 heterocycles. The highest BCUT2D eigenvalue weighted by Crippen LogP contribution is 2.37. The monoisotopic (exact) mass is 357 g/mol. The van der Waals surface area contributed by atoms with Crippen molar-refractivity contribution in [2.75, 3.05) is 11.9 Å². The van der Waals surface area contributed by atoms with Crippen LogP contribution in [-0.4, -0.2) is 17.8 Å². The van der Waals surface area contributed by atoms with Crippen molar-refractivity contribution >= 4 is 33.4 Å². The quantitative estimate of drug-likeness (QED) is 0.775. The summed E-state index contributed by atoms with van der Waals surface area (Å²) in [6.07, 6.45) is 6.21. The van der Waals surface area contributed by atoms with E-state index in [2.05, 4.69) is 21.2 Å². The molecule has 0 saturated heterocycles. The molecular weight excluding hydrogens is 338 g/mol. The van der Waals surface area contributed by atoms with Crippen LogP contribution < -0.4 is 5.32 Å². The summed E-state index contributed by atoms with van der Waals surface area (Å²) in [6, 6.07) is 5.45. The molecule has 1 N–H and O–H groups in total. The third kappa shape index (κ3) is 3.76. The Morgan fingerprint density at radius 2 is 2.05 bits per heavy atom. The smallest absolute Gasteiger partial charge is 0.251 e. The maximum Gasteiger partial charge on any atom is 0.251 e. The molecule has 0 aliphatic heterocycles. The molecule has 110 valence electrons. The second-order valence-electron chi connectivity index (χ2n) is 5.84. The van der Waals surface area contributed by atoms with Crippen molar-refractivity contribution in [2.24, 2.45) is 5.41 Å². The maximum absolute atomic E-state index is 12.3. The van der Waals surface area contributed by atoms with E-state index in [1.54, 1.807) is 6.07 Å². The number of rotatable bonds is 4. The zero-order valence-corrected chi connectivity index (χ0v) is 14.2. The number of benzene rings is 1. The summed E-state index contributed by atoms with van der Waals surface area (Å²) in [5.74, 6) is -0.0177. The number of amides is 1. The Labute approximate surface area is 134 Å². The van der Waals surface area contributed by atoms with Gasteiger partial charge in [0.2, 0.25) is 0 Å². The Morgan fingerprint density at radius 1 is 1.35 bits per heavy atom. The summed E-state index contributed by atoms with van der Waals surface area (Å²) in [4.78, 5) is 12.3. The molecule has 1 amide bonds. The average molecular weight is 359 g/mol. The lowest BCUT2D eigenvalue weighted by atomic mass is 9.75. The SMILES string of the molecule is Cc1ccc(Cl)cc1C(=O)NCC1(CBr)CCCCC1. The molecule has 1 saturated carbocycles. The summed E-state index contributed by atoms with van der Waals surface area (Å²) in [7, 11) is 0. The van der Waals surface area contributed by atoms with Crippen molar-refractivity contribution in [3.8, 4) is 0 Å². The standard InChI is InChI=1S/C16H21BrClNO/c1-12-5-6-13(18)9-14(12)15(20)19-11-16(10-17)7-3-2-4-8-16/h5-6,9H,2-4,7-8,10-11H2,1H3,(H,19,20). The topological polar surface area (TPSA) is 29.1 Å². The molecule has 4 heteroatoms. The fourth-order valence-corrected chi connectivity index (χ4v) is 3.79. The van der Waals surface area contributed by atoms with Crippen LogP contribution in [0.1, 0.15) is 48.0 Å². The highest BCUT2D eigenvalue weighted by atomic mass is 79.9. The summed E-state index contributed by atoms with van der Waals surface area (Å²) in [5, 5.41) is 4.66. The number of hydrogen-bond acceptors (Lipinski definition) is 1. The van der Waals surface area contributed by atoms with Crippen LogP contribution in [0.25, 0.3) is 0 Å². The zero-order chi connectivity index (χ0) is 14.6. The van der Waals surface area contributed by atoms with E-state index >= 15 is 0 Å². The first-order valence-electron chi connectivity index (χ1n) is 7.17. The first kappa shape index (κ1) is 15.8. The molecule has 0 aromatic heterocycles. The predicted octanol–water partition coefficient (Wildman–Crippen LogP) is 4.72. The minimum absolute atomic E-state index is 0.0177. The van der Waals surface area contributed by atoms with E-state index in [-0.39, 0.29) is 11.3 Å². The summed E-state index contributed by atoms with van der Waals surface area (Å²) in [5.41, 5.74) is 1.86.